The van der Waals surface area contributed by atoms with E-state index in [9.17, 15) is 4.79 Å². The van der Waals surface area contributed by atoms with E-state index in [0.29, 0.717) is 11.4 Å². The van der Waals surface area contributed by atoms with Gasteiger partial charge in [0, 0.05) is 18.5 Å². The molecule has 0 aliphatic carbocycles. The first kappa shape index (κ1) is 11.6. The molecule has 1 heterocycles. The van der Waals surface area contributed by atoms with Crippen molar-refractivity contribution < 1.29 is 9.63 Å². The van der Waals surface area contributed by atoms with Crippen LogP contribution in [0.1, 0.15) is 24.9 Å². The van der Waals surface area contributed by atoms with Crippen LogP contribution in [0.5, 0.6) is 0 Å². The molecule has 1 aromatic rings. The fourth-order valence-electron chi connectivity index (χ4n) is 2.02. The minimum atomic E-state index is -0.709. The van der Waals surface area contributed by atoms with Gasteiger partial charge in [0.05, 0.1) is 6.04 Å². The Bertz CT molecular complexity index is 393. The molecule has 1 aliphatic heterocycles. The van der Waals surface area contributed by atoms with Gasteiger partial charge in [-0.25, -0.2) is 0 Å². The Labute approximate surface area is 99.9 Å². The number of hydrogen-bond donors (Lipinski definition) is 0. The largest absolute Gasteiger partial charge is 0.300 e. The summed E-state index contributed by atoms with van der Waals surface area (Å²) >= 11 is 5.84. The normalized spacial score (nSPS) is 30.6. The summed E-state index contributed by atoms with van der Waals surface area (Å²) in [5, 5.41) is 2.45. The molecule has 1 saturated heterocycles. The molecular formula is C12H14ClNO2. The number of carbonyl (C=O) groups excluding carboxylic acids is 1. The SMILES string of the molecule is CN1O[C@](C)(C=O)C[C@@H]1c1ccc(Cl)cc1. The number of hydrogen-bond acceptors (Lipinski definition) is 3. The second kappa shape index (κ2) is 4.17. The third-order valence-electron chi connectivity index (χ3n) is 2.89. The van der Waals surface area contributed by atoms with Crippen molar-refractivity contribution in [3.63, 3.8) is 0 Å². The lowest BCUT2D eigenvalue weighted by molar-refractivity contribution is -0.182. The Hall–Kier alpha value is -0.900. The topological polar surface area (TPSA) is 29.5 Å². The first-order valence-electron chi connectivity index (χ1n) is 5.18. The summed E-state index contributed by atoms with van der Waals surface area (Å²) in [6.45, 7) is 1.80. The molecule has 1 aliphatic rings. The molecule has 3 nitrogen and oxygen atoms in total. The second-order valence-corrected chi connectivity index (χ2v) is 4.78. The molecule has 4 heteroatoms. The van der Waals surface area contributed by atoms with Crippen LogP contribution in [0.15, 0.2) is 24.3 Å². The molecule has 16 heavy (non-hydrogen) atoms. The van der Waals surface area contributed by atoms with Crippen LogP contribution in [-0.2, 0) is 9.63 Å². The highest BCUT2D eigenvalue weighted by molar-refractivity contribution is 6.30. The minimum Gasteiger partial charge on any atom is -0.300 e. The summed E-state index contributed by atoms with van der Waals surface area (Å²) in [4.78, 5) is 16.5. The maximum Gasteiger partial charge on any atom is 0.153 e. The average Bonchev–Trinajstić information content (AvgIpc) is 2.57. The maximum atomic E-state index is 10.9. The summed E-state index contributed by atoms with van der Waals surface area (Å²) in [5.41, 5.74) is 0.400. The lowest BCUT2D eigenvalue weighted by atomic mass is 9.95. The van der Waals surface area contributed by atoms with Crippen molar-refractivity contribution in [3.8, 4) is 0 Å². The fourth-order valence-corrected chi connectivity index (χ4v) is 2.15. The Morgan fingerprint density at radius 1 is 1.50 bits per heavy atom. The molecule has 0 radical (unpaired) electrons. The number of nitrogens with zero attached hydrogens (tertiary/aromatic N) is 1. The van der Waals surface area contributed by atoms with Gasteiger partial charge in [0.1, 0.15) is 5.60 Å². The summed E-state index contributed by atoms with van der Waals surface area (Å²) in [6.07, 6.45) is 1.52. The van der Waals surface area contributed by atoms with Crippen molar-refractivity contribution in [1.29, 1.82) is 0 Å². The molecule has 0 spiro atoms. The first-order chi connectivity index (χ1) is 7.54. The predicted octanol–water partition coefficient (Wildman–Crippen LogP) is 2.61. The fraction of sp³-hybridized carbons (Fsp3) is 0.417. The van der Waals surface area contributed by atoms with Crippen molar-refractivity contribution in [2.75, 3.05) is 7.05 Å². The van der Waals surface area contributed by atoms with Gasteiger partial charge in [0.15, 0.2) is 6.29 Å². The highest BCUT2D eigenvalue weighted by Gasteiger charge is 2.41. The Kier molecular flexibility index (Phi) is 3.02. The monoisotopic (exact) mass is 239 g/mol. The zero-order valence-corrected chi connectivity index (χ0v) is 10.1. The van der Waals surface area contributed by atoms with Crippen LogP contribution in [0.25, 0.3) is 0 Å². The number of hydroxylamine groups is 2. The smallest absolute Gasteiger partial charge is 0.153 e. The van der Waals surface area contributed by atoms with Crippen molar-refractivity contribution in [2.45, 2.75) is 25.0 Å². The molecule has 1 aromatic carbocycles. The Morgan fingerprint density at radius 3 is 2.62 bits per heavy atom. The lowest BCUT2D eigenvalue weighted by Gasteiger charge is -2.18. The van der Waals surface area contributed by atoms with Crippen LogP contribution in [0.2, 0.25) is 5.02 Å². The lowest BCUT2D eigenvalue weighted by Crippen LogP contribution is -2.27. The molecule has 0 amide bonds. The van der Waals surface area contributed by atoms with Gasteiger partial charge in [-0.2, -0.15) is 5.06 Å². The molecule has 0 unspecified atom stereocenters. The molecule has 86 valence electrons. The number of carbonyl (C=O) groups is 1. The molecule has 0 N–H and O–H groups in total. The third kappa shape index (κ3) is 2.12. The zero-order chi connectivity index (χ0) is 11.8. The molecule has 1 fully saturated rings. The molecule has 0 saturated carbocycles. The number of rotatable bonds is 2. The molecule has 0 aromatic heterocycles. The summed E-state index contributed by atoms with van der Waals surface area (Å²) < 4.78 is 0. The van der Waals surface area contributed by atoms with E-state index in [-0.39, 0.29) is 6.04 Å². The van der Waals surface area contributed by atoms with Crippen molar-refractivity contribution in [3.05, 3.63) is 34.9 Å². The Balaban J connectivity index is 2.23. The highest BCUT2D eigenvalue weighted by Crippen LogP contribution is 2.38. The van der Waals surface area contributed by atoms with Gasteiger partial charge in [0.25, 0.3) is 0 Å². The van der Waals surface area contributed by atoms with E-state index in [4.69, 9.17) is 16.4 Å². The van der Waals surface area contributed by atoms with E-state index in [1.165, 1.54) is 0 Å². The quantitative estimate of drug-likeness (QED) is 0.743. The van der Waals surface area contributed by atoms with Crippen LogP contribution >= 0.6 is 11.6 Å². The van der Waals surface area contributed by atoms with Gasteiger partial charge in [-0.1, -0.05) is 23.7 Å². The number of aldehydes is 1. The number of benzene rings is 1. The second-order valence-electron chi connectivity index (χ2n) is 4.34. The van der Waals surface area contributed by atoms with Crippen LogP contribution in [-0.4, -0.2) is 24.0 Å². The van der Waals surface area contributed by atoms with Gasteiger partial charge < -0.3 is 4.79 Å². The maximum absolute atomic E-state index is 10.9. The predicted molar refractivity (Wildman–Crippen MR) is 62.1 cm³/mol. The van der Waals surface area contributed by atoms with E-state index < -0.39 is 5.60 Å². The van der Waals surface area contributed by atoms with E-state index in [1.807, 2.05) is 31.3 Å². The first-order valence-corrected chi connectivity index (χ1v) is 5.56. The zero-order valence-electron chi connectivity index (χ0n) is 9.31. The summed E-state index contributed by atoms with van der Waals surface area (Å²) in [5.74, 6) is 0. The molecule has 2 atom stereocenters. The van der Waals surface area contributed by atoms with Crippen molar-refractivity contribution >= 4 is 17.9 Å². The molecular weight excluding hydrogens is 226 g/mol. The van der Waals surface area contributed by atoms with Crippen LogP contribution in [0.4, 0.5) is 0 Å². The van der Waals surface area contributed by atoms with Crippen LogP contribution in [0, 0.1) is 0 Å². The van der Waals surface area contributed by atoms with E-state index in [2.05, 4.69) is 0 Å². The summed E-state index contributed by atoms with van der Waals surface area (Å²) in [7, 11) is 1.84. The number of halogens is 1. The van der Waals surface area contributed by atoms with E-state index >= 15 is 0 Å². The highest BCUT2D eigenvalue weighted by atomic mass is 35.5. The summed E-state index contributed by atoms with van der Waals surface area (Å²) in [6, 6.07) is 7.72. The molecule has 0 bridgehead atoms. The molecule has 2 rings (SSSR count). The average molecular weight is 240 g/mol. The standard InChI is InChI=1S/C12H14ClNO2/c1-12(8-15)7-11(14(2)16-12)9-3-5-10(13)6-4-9/h3-6,8,11H,7H2,1-2H3/t11-,12+/m1/s1. The minimum absolute atomic E-state index is 0.104. The van der Waals surface area contributed by atoms with Gasteiger partial charge in [0.2, 0.25) is 0 Å². The van der Waals surface area contributed by atoms with Gasteiger partial charge >= 0.3 is 0 Å². The van der Waals surface area contributed by atoms with Crippen molar-refractivity contribution in [2.24, 2.45) is 0 Å². The van der Waals surface area contributed by atoms with Crippen molar-refractivity contribution in [1.82, 2.24) is 5.06 Å². The van der Waals surface area contributed by atoms with E-state index in [1.54, 1.807) is 12.0 Å². The third-order valence-corrected chi connectivity index (χ3v) is 3.15. The Morgan fingerprint density at radius 2 is 2.12 bits per heavy atom. The van der Waals surface area contributed by atoms with Crippen LogP contribution < -0.4 is 0 Å². The van der Waals surface area contributed by atoms with Gasteiger partial charge in [-0.15, -0.1) is 0 Å². The van der Waals surface area contributed by atoms with E-state index in [0.717, 1.165) is 11.8 Å². The van der Waals surface area contributed by atoms with Gasteiger partial charge in [-0.05, 0) is 24.6 Å². The van der Waals surface area contributed by atoms with Gasteiger partial charge in [-0.3, -0.25) is 4.84 Å². The van der Waals surface area contributed by atoms with Crippen LogP contribution in [0.3, 0.4) is 0 Å².